The molecule has 0 aromatic carbocycles. The van der Waals surface area contributed by atoms with Gasteiger partial charge in [-0.25, -0.2) is 0 Å². The molecule has 1 saturated heterocycles. The summed E-state index contributed by atoms with van der Waals surface area (Å²) in [7, 11) is 0. The van der Waals surface area contributed by atoms with Gasteiger partial charge in [0.25, 0.3) is 0 Å². The molecule has 2 fully saturated rings. The standard InChI is InChI=1S/C13H24N2O2/c1-9(10-3-2-4-11(14)7-10)13(16)15-12-5-6-17-8-12/h9-12H,2-8,14H2,1H3,(H,15,16). The molecule has 1 aliphatic heterocycles. The molecule has 0 radical (unpaired) electrons. The van der Waals surface area contributed by atoms with Gasteiger partial charge in [0.1, 0.15) is 0 Å². The van der Waals surface area contributed by atoms with E-state index in [4.69, 9.17) is 10.5 Å². The Kier molecular flexibility index (Phi) is 4.40. The number of carbonyl (C=O) groups is 1. The van der Waals surface area contributed by atoms with Crippen LogP contribution in [0.25, 0.3) is 0 Å². The van der Waals surface area contributed by atoms with E-state index < -0.39 is 0 Å². The Bertz CT molecular complexity index is 264. The summed E-state index contributed by atoms with van der Waals surface area (Å²) >= 11 is 0. The van der Waals surface area contributed by atoms with Crippen LogP contribution in [0.2, 0.25) is 0 Å². The molecular formula is C13H24N2O2. The van der Waals surface area contributed by atoms with Crippen molar-refractivity contribution in [2.45, 2.75) is 51.1 Å². The third kappa shape index (κ3) is 3.42. The number of ether oxygens (including phenoxy) is 1. The number of hydrogen-bond acceptors (Lipinski definition) is 3. The predicted molar refractivity (Wildman–Crippen MR) is 66.5 cm³/mol. The van der Waals surface area contributed by atoms with Crippen LogP contribution >= 0.6 is 0 Å². The van der Waals surface area contributed by atoms with Crippen LogP contribution in [0.5, 0.6) is 0 Å². The molecule has 0 aromatic heterocycles. The molecule has 98 valence electrons. The third-order valence-corrected chi connectivity index (χ3v) is 4.15. The quantitative estimate of drug-likeness (QED) is 0.775. The fourth-order valence-corrected chi connectivity index (χ4v) is 2.92. The van der Waals surface area contributed by atoms with Crippen molar-refractivity contribution >= 4 is 5.91 Å². The first-order valence-corrected chi connectivity index (χ1v) is 6.80. The Balaban J connectivity index is 1.80. The summed E-state index contributed by atoms with van der Waals surface area (Å²) in [5.41, 5.74) is 5.97. The molecule has 2 aliphatic rings. The second-order valence-electron chi connectivity index (χ2n) is 5.54. The van der Waals surface area contributed by atoms with E-state index in [9.17, 15) is 4.79 Å². The van der Waals surface area contributed by atoms with Gasteiger partial charge in [0.15, 0.2) is 0 Å². The van der Waals surface area contributed by atoms with E-state index in [0.29, 0.717) is 18.6 Å². The van der Waals surface area contributed by atoms with Gasteiger partial charge < -0.3 is 15.8 Å². The van der Waals surface area contributed by atoms with Crippen LogP contribution in [0.4, 0.5) is 0 Å². The highest BCUT2D eigenvalue weighted by Crippen LogP contribution is 2.29. The van der Waals surface area contributed by atoms with Crippen LogP contribution in [0.1, 0.15) is 39.0 Å². The summed E-state index contributed by atoms with van der Waals surface area (Å²) in [6.45, 7) is 3.48. The average molecular weight is 240 g/mol. The summed E-state index contributed by atoms with van der Waals surface area (Å²) in [6, 6.07) is 0.515. The molecule has 2 rings (SSSR count). The lowest BCUT2D eigenvalue weighted by Crippen LogP contribution is -2.42. The van der Waals surface area contributed by atoms with Crippen molar-refractivity contribution in [2.24, 2.45) is 17.6 Å². The Morgan fingerprint density at radius 2 is 2.24 bits per heavy atom. The van der Waals surface area contributed by atoms with E-state index in [2.05, 4.69) is 5.32 Å². The van der Waals surface area contributed by atoms with Crippen molar-refractivity contribution in [2.75, 3.05) is 13.2 Å². The number of nitrogens with one attached hydrogen (secondary N) is 1. The molecule has 1 amide bonds. The summed E-state index contributed by atoms with van der Waals surface area (Å²) < 4.78 is 5.27. The Morgan fingerprint density at radius 1 is 1.41 bits per heavy atom. The molecule has 4 heteroatoms. The summed E-state index contributed by atoms with van der Waals surface area (Å²) in [5, 5.41) is 3.09. The van der Waals surface area contributed by atoms with Gasteiger partial charge in [0.05, 0.1) is 12.6 Å². The van der Waals surface area contributed by atoms with Crippen LogP contribution in [0.15, 0.2) is 0 Å². The van der Waals surface area contributed by atoms with Crippen molar-refractivity contribution in [1.29, 1.82) is 0 Å². The molecule has 0 spiro atoms. The van der Waals surface area contributed by atoms with Crippen LogP contribution in [-0.2, 0) is 9.53 Å². The minimum atomic E-state index is 0.0851. The first kappa shape index (κ1) is 12.8. The van der Waals surface area contributed by atoms with Gasteiger partial charge in [-0.2, -0.15) is 0 Å². The van der Waals surface area contributed by atoms with Gasteiger partial charge in [-0.3, -0.25) is 4.79 Å². The molecule has 17 heavy (non-hydrogen) atoms. The zero-order valence-corrected chi connectivity index (χ0v) is 10.7. The highest BCUT2D eigenvalue weighted by molar-refractivity contribution is 5.78. The van der Waals surface area contributed by atoms with Gasteiger partial charge >= 0.3 is 0 Å². The smallest absolute Gasteiger partial charge is 0.223 e. The molecule has 4 unspecified atom stereocenters. The lowest BCUT2D eigenvalue weighted by atomic mass is 9.78. The number of amides is 1. The van der Waals surface area contributed by atoms with Gasteiger partial charge in [-0.05, 0) is 31.6 Å². The zero-order chi connectivity index (χ0) is 12.3. The van der Waals surface area contributed by atoms with Gasteiger partial charge in [-0.15, -0.1) is 0 Å². The molecular weight excluding hydrogens is 216 g/mol. The highest BCUT2D eigenvalue weighted by Gasteiger charge is 2.30. The van der Waals surface area contributed by atoms with Gasteiger partial charge in [-0.1, -0.05) is 13.3 Å². The molecule has 4 atom stereocenters. The highest BCUT2D eigenvalue weighted by atomic mass is 16.5. The Hall–Kier alpha value is -0.610. The van der Waals surface area contributed by atoms with Crippen molar-refractivity contribution in [3.8, 4) is 0 Å². The van der Waals surface area contributed by atoms with Crippen LogP contribution < -0.4 is 11.1 Å². The third-order valence-electron chi connectivity index (χ3n) is 4.15. The van der Waals surface area contributed by atoms with Gasteiger partial charge in [0.2, 0.25) is 5.91 Å². The lowest BCUT2D eigenvalue weighted by molar-refractivity contribution is -0.127. The van der Waals surface area contributed by atoms with E-state index in [-0.39, 0.29) is 17.9 Å². The van der Waals surface area contributed by atoms with Crippen molar-refractivity contribution in [3.05, 3.63) is 0 Å². The molecule has 0 aromatic rings. The molecule has 1 aliphatic carbocycles. The van der Waals surface area contributed by atoms with E-state index >= 15 is 0 Å². The molecule has 3 N–H and O–H groups in total. The number of nitrogens with two attached hydrogens (primary N) is 1. The molecule has 4 nitrogen and oxygen atoms in total. The maximum absolute atomic E-state index is 12.1. The van der Waals surface area contributed by atoms with Crippen LogP contribution in [-0.4, -0.2) is 31.2 Å². The van der Waals surface area contributed by atoms with Crippen LogP contribution in [0, 0.1) is 11.8 Å². The Morgan fingerprint density at radius 3 is 2.88 bits per heavy atom. The Labute approximate surface area is 103 Å². The molecule has 1 saturated carbocycles. The van der Waals surface area contributed by atoms with Crippen LogP contribution in [0.3, 0.4) is 0 Å². The van der Waals surface area contributed by atoms with E-state index in [0.717, 1.165) is 38.7 Å². The zero-order valence-electron chi connectivity index (χ0n) is 10.7. The second-order valence-corrected chi connectivity index (χ2v) is 5.54. The summed E-state index contributed by atoms with van der Waals surface area (Å²) in [4.78, 5) is 12.1. The van der Waals surface area contributed by atoms with Crippen molar-refractivity contribution in [1.82, 2.24) is 5.32 Å². The summed E-state index contributed by atoms with van der Waals surface area (Å²) in [6.07, 6.45) is 5.36. The average Bonchev–Trinajstić information content (AvgIpc) is 2.80. The first-order chi connectivity index (χ1) is 8.16. The number of carbonyl (C=O) groups excluding carboxylic acids is 1. The van der Waals surface area contributed by atoms with Gasteiger partial charge in [0, 0.05) is 18.6 Å². The maximum atomic E-state index is 12.1. The van der Waals surface area contributed by atoms with E-state index in [1.165, 1.54) is 0 Å². The topological polar surface area (TPSA) is 64.3 Å². The second kappa shape index (κ2) is 5.83. The normalized spacial score (nSPS) is 35.5. The maximum Gasteiger partial charge on any atom is 0.223 e. The first-order valence-electron chi connectivity index (χ1n) is 6.80. The lowest BCUT2D eigenvalue weighted by Gasteiger charge is -2.31. The minimum absolute atomic E-state index is 0.0851. The van der Waals surface area contributed by atoms with Crippen molar-refractivity contribution in [3.63, 3.8) is 0 Å². The fraction of sp³-hybridized carbons (Fsp3) is 0.923. The molecule has 0 bridgehead atoms. The fourth-order valence-electron chi connectivity index (χ4n) is 2.92. The number of rotatable bonds is 3. The van der Waals surface area contributed by atoms with Crippen molar-refractivity contribution < 1.29 is 9.53 Å². The minimum Gasteiger partial charge on any atom is -0.379 e. The van der Waals surface area contributed by atoms with E-state index in [1.807, 2.05) is 6.92 Å². The summed E-state index contributed by atoms with van der Waals surface area (Å²) in [5.74, 6) is 0.725. The molecule has 1 heterocycles. The predicted octanol–water partition coefficient (Wildman–Crippen LogP) is 1.05. The van der Waals surface area contributed by atoms with E-state index in [1.54, 1.807) is 0 Å². The largest absolute Gasteiger partial charge is 0.379 e. The number of hydrogen-bond donors (Lipinski definition) is 2. The monoisotopic (exact) mass is 240 g/mol. The SMILES string of the molecule is CC(C(=O)NC1CCOC1)C1CCCC(N)C1.